The van der Waals surface area contributed by atoms with Crippen LogP contribution >= 0.6 is 11.6 Å². The van der Waals surface area contributed by atoms with Gasteiger partial charge in [-0.15, -0.1) is 5.01 Å². The highest BCUT2D eigenvalue weighted by Crippen LogP contribution is 2.33. The number of halogens is 1. The predicted molar refractivity (Wildman–Crippen MR) is 104 cm³/mol. The summed E-state index contributed by atoms with van der Waals surface area (Å²) in [5.41, 5.74) is 2.05. The molecule has 1 amide bonds. The molecular weight excluding hydrogens is 378 g/mol. The van der Waals surface area contributed by atoms with E-state index in [-0.39, 0.29) is 17.2 Å². The van der Waals surface area contributed by atoms with Crippen molar-refractivity contribution < 1.29 is 19.7 Å². The van der Waals surface area contributed by atoms with Crippen molar-refractivity contribution >= 4 is 40.4 Å². The Morgan fingerprint density at radius 3 is 2.46 bits per heavy atom. The molecule has 6 nitrogen and oxygen atoms in total. The summed E-state index contributed by atoms with van der Waals surface area (Å²) in [5, 5.41) is 15.5. The molecule has 1 aliphatic carbocycles. The first-order valence-corrected chi connectivity index (χ1v) is 9.26. The first-order chi connectivity index (χ1) is 13.4. The quantitative estimate of drug-likeness (QED) is 0.845. The number of aliphatic imine (C=N–C) groups is 1. The second-order valence-electron chi connectivity index (χ2n) is 6.84. The van der Waals surface area contributed by atoms with Crippen molar-refractivity contribution in [2.45, 2.75) is 13.0 Å². The maximum Gasteiger partial charge on any atom is 0.306 e. The van der Waals surface area contributed by atoms with Crippen LogP contribution in [0.5, 0.6) is 0 Å². The molecule has 0 saturated heterocycles. The molecule has 0 radical (unpaired) electrons. The number of allylic oxidation sites excluding steroid dienone is 1. The third-order valence-electron chi connectivity index (χ3n) is 5.21. The maximum absolute atomic E-state index is 13.1. The lowest BCUT2D eigenvalue weighted by molar-refractivity contribution is -0.837. The van der Waals surface area contributed by atoms with Crippen molar-refractivity contribution in [2.24, 2.45) is 10.9 Å². The van der Waals surface area contributed by atoms with Gasteiger partial charge in [0.15, 0.2) is 5.78 Å². The van der Waals surface area contributed by atoms with E-state index in [0.29, 0.717) is 22.1 Å². The molecule has 142 valence electrons. The van der Waals surface area contributed by atoms with Crippen LogP contribution in [0.1, 0.15) is 6.92 Å². The van der Waals surface area contributed by atoms with Gasteiger partial charge in [0.25, 0.3) is 0 Å². The van der Waals surface area contributed by atoms with Crippen molar-refractivity contribution in [2.75, 3.05) is 12.1 Å². The number of benzene rings is 2. The number of hydrogen-bond donors (Lipinski definition) is 1. The summed E-state index contributed by atoms with van der Waals surface area (Å²) in [6.45, 7) is 1.78. The van der Waals surface area contributed by atoms with E-state index in [0.717, 1.165) is 5.01 Å². The Bertz CT molecular complexity index is 1030. The fraction of sp³-hybridized carbons (Fsp3) is 0.190. The van der Waals surface area contributed by atoms with E-state index < -0.39 is 17.8 Å². The molecule has 2 aromatic carbocycles. The molecule has 1 saturated carbocycles. The van der Waals surface area contributed by atoms with Gasteiger partial charge in [0, 0.05) is 11.9 Å². The molecule has 0 bridgehead atoms. The number of anilines is 1. The van der Waals surface area contributed by atoms with Gasteiger partial charge < -0.3 is 5.11 Å². The highest BCUT2D eigenvalue weighted by molar-refractivity contribution is 6.51. The Morgan fingerprint density at radius 1 is 1.11 bits per heavy atom. The zero-order valence-electron chi connectivity index (χ0n) is 15.3. The van der Waals surface area contributed by atoms with Crippen LogP contribution < -0.4 is 15.1 Å². The summed E-state index contributed by atoms with van der Waals surface area (Å²) in [7, 11) is 1.82. The maximum atomic E-state index is 13.1. The Morgan fingerprint density at radius 2 is 1.82 bits per heavy atom. The van der Waals surface area contributed by atoms with Gasteiger partial charge in [-0.1, -0.05) is 42.0 Å². The van der Waals surface area contributed by atoms with Crippen molar-refractivity contribution in [3.63, 3.8) is 0 Å². The van der Waals surface area contributed by atoms with E-state index in [4.69, 9.17) is 11.6 Å². The van der Waals surface area contributed by atoms with Crippen LogP contribution in [0.4, 0.5) is 11.4 Å². The molecule has 1 N–H and O–H groups in total. The van der Waals surface area contributed by atoms with Gasteiger partial charge in [0.05, 0.1) is 35.6 Å². The van der Waals surface area contributed by atoms with E-state index in [1.165, 1.54) is 0 Å². The molecule has 0 spiro atoms. The third-order valence-corrected chi connectivity index (χ3v) is 5.44. The zero-order chi connectivity index (χ0) is 20.0. The zero-order valence-corrected chi connectivity index (χ0v) is 16.1. The monoisotopic (exact) mass is 395 g/mol. The average molecular weight is 396 g/mol. The SMILES string of the molecule is CC1=C(C2C(=O)C(=Nc3cccc(Cl)c3)C2[O-])C(=O)N(c2ccccc2)[NH+]1C. The van der Waals surface area contributed by atoms with Crippen LogP contribution in [0.15, 0.2) is 70.9 Å². The van der Waals surface area contributed by atoms with Gasteiger partial charge in [-0.2, -0.15) is 5.01 Å². The number of amides is 1. The van der Waals surface area contributed by atoms with Gasteiger partial charge in [0.2, 0.25) is 0 Å². The lowest BCUT2D eigenvalue weighted by atomic mass is 9.72. The number of carbonyl (C=O) groups is 2. The molecule has 2 aliphatic rings. The normalized spacial score (nSPS) is 26.2. The summed E-state index contributed by atoms with van der Waals surface area (Å²) < 4.78 is 0. The van der Waals surface area contributed by atoms with Crippen LogP contribution in [0.25, 0.3) is 0 Å². The largest absolute Gasteiger partial charge is 0.847 e. The Balaban J connectivity index is 1.63. The minimum atomic E-state index is -1.37. The number of carbonyl (C=O) groups excluding carboxylic acids is 2. The number of hydrogen-bond acceptors (Lipinski definition) is 4. The Kier molecular flexibility index (Phi) is 4.63. The van der Waals surface area contributed by atoms with Crippen LogP contribution in [-0.4, -0.2) is 30.6 Å². The molecule has 1 heterocycles. The van der Waals surface area contributed by atoms with Gasteiger partial charge in [-0.3, -0.25) is 14.6 Å². The van der Waals surface area contributed by atoms with Crippen molar-refractivity contribution in [3.8, 4) is 0 Å². The van der Waals surface area contributed by atoms with E-state index in [1.54, 1.807) is 36.2 Å². The topological polar surface area (TPSA) is 77.2 Å². The number of nitrogens with one attached hydrogen (secondary N) is 1. The molecular formula is C21H18ClN3O3. The summed E-state index contributed by atoms with van der Waals surface area (Å²) in [6, 6.07) is 15.8. The standard InChI is InChI=1S/C21H17ClN3O3/c1-12-16(21(28)25(24(12)2)15-9-4-3-5-10-15)17-19(26)18(20(17)27)23-14-8-6-7-13(22)11-14/h3-11,17,19H,1-2H3/q-1/p+1. The van der Waals surface area contributed by atoms with Gasteiger partial charge in [0.1, 0.15) is 5.70 Å². The fourth-order valence-corrected chi connectivity index (χ4v) is 3.82. The summed E-state index contributed by atoms with van der Waals surface area (Å²) in [6.07, 6.45) is -1.37. The average Bonchev–Trinajstić information content (AvgIpc) is 2.90. The molecule has 7 heteroatoms. The molecule has 4 rings (SSSR count). The van der Waals surface area contributed by atoms with Crippen molar-refractivity contribution in [1.82, 2.24) is 0 Å². The lowest BCUT2D eigenvalue weighted by Gasteiger charge is -2.41. The molecule has 3 atom stereocenters. The predicted octanol–water partition coefficient (Wildman–Crippen LogP) is 1.09. The highest BCUT2D eigenvalue weighted by Gasteiger charge is 2.51. The Labute approximate surface area is 167 Å². The molecule has 1 aliphatic heterocycles. The number of quaternary nitrogens is 1. The smallest absolute Gasteiger partial charge is 0.306 e. The number of para-hydroxylation sites is 1. The highest BCUT2D eigenvalue weighted by atomic mass is 35.5. The lowest BCUT2D eigenvalue weighted by Crippen LogP contribution is -3.13. The molecule has 3 unspecified atom stereocenters. The minimum absolute atomic E-state index is 0.0591. The number of rotatable bonds is 3. The van der Waals surface area contributed by atoms with E-state index in [9.17, 15) is 14.7 Å². The number of ketones is 1. The number of Topliss-reactive ketones (excluding diaryl/α,β-unsaturated/α-hetero) is 1. The molecule has 28 heavy (non-hydrogen) atoms. The van der Waals surface area contributed by atoms with Crippen LogP contribution in [0, 0.1) is 5.92 Å². The third kappa shape index (κ3) is 2.86. The van der Waals surface area contributed by atoms with Crippen molar-refractivity contribution in [1.29, 1.82) is 0 Å². The fourth-order valence-electron chi connectivity index (χ4n) is 3.63. The minimum Gasteiger partial charge on any atom is -0.847 e. The second-order valence-corrected chi connectivity index (χ2v) is 7.28. The van der Waals surface area contributed by atoms with Gasteiger partial charge in [-0.25, -0.2) is 0 Å². The van der Waals surface area contributed by atoms with E-state index in [1.807, 2.05) is 37.4 Å². The van der Waals surface area contributed by atoms with Crippen molar-refractivity contribution in [3.05, 3.63) is 70.9 Å². The van der Waals surface area contributed by atoms with Crippen LogP contribution in [0.2, 0.25) is 5.02 Å². The first-order valence-electron chi connectivity index (χ1n) is 8.88. The number of nitrogens with zero attached hydrogens (tertiary/aromatic N) is 2. The van der Waals surface area contributed by atoms with E-state index in [2.05, 4.69) is 4.99 Å². The Hall–Kier alpha value is -2.80. The van der Waals surface area contributed by atoms with Gasteiger partial charge in [-0.05, 0) is 30.3 Å². The molecule has 1 fully saturated rings. The van der Waals surface area contributed by atoms with Crippen LogP contribution in [0.3, 0.4) is 0 Å². The summed E-state index contributed by atoms with van der Waals surface area (Å²) >= 11 is 5.93. The molecule has 2 aromatic rings. The first kappa shape index (κ1) is 18.6. The second kappa shape index (κ2) is 6.98. The summed E-state index contributed by atoms with van der Waals surface area (Å²) in [5.74, 6) is -1.72. The van der Waals surface area contributed by atoms with Crippen LogP contribution in [-0.2, 0) is 9.59 Å². The summed E-state index contributed by atoms with van der Waals surface area (Å²) in [4.78, 5) is 29.9. The molecule has 0 aromatic heterocycles. The van der Waals surface area contributed by atoms with E-state index >= 15 is 0 Å². The van der Waals surface area contributed by atoms with Gasteiger partial charge >= 0.3 is 5.91 Å².